The van der Waals surface area contributed by atoms with Gasteiger partial charge in [0.2, 0.25) is 5.91 Å². The van der Waals surface area contributed by atoms with Crippen LogP contribution in [0, 0.1) is 11.7 Å². The molecule has 0 fully saturated rings. The molecular formula is C17H22FNO5. The van der Waals surface area contributed by atoms with Crippen LogP contribution in [0.15, 0.2) is 18.2 Å². The number of hydrogen-bond donors (Lipinski definition) is 2. The number of Topliss-reactive ketones (excluding diaryl/α,β-unsaturated/α-hetero) is 1. The first-order valence-corrected chi connectivity index (χ1v) is 7.63. The molecule has 0 heterocycles. The lowest BCUT2D eigenvalue weighted by Crippen LogP contribution is -2.41. The Morgan fingerprint density at radius 1 is 1.25 bits per heavy atom. The average Bonchev–Trinajstić information content (AvgIpc) is 2.51. The predicted octanol–water partition coefficient (Wildman–Crippen LogP) is 2.41. The number of amides is 1. The fourth-order valence-corrected chi connectivity index (χ4v) is 2.17. The largest absolute Gasteiger partial charge is 0.494 e. The molecule has 0 aliphatic carbocycles. The van der Waals surface area contributed by atoms with Crippen LogP contribution < -0.4 is 10.1 Å². The molecule has 0 bridgehead atoms. The zero-order valence-corrected chi connectivity index (χ0v) is 14.0. The van der Waals surface area contributed by atoms with Gasteiger partial charge in [-0.3, -0.25) is 9.59 Å². The fourth-order valence-electron chi connectivity index (χ4n) is 2.17. The number of ether oxygens (including phenoxy) is 1. The fraction of sp³-hybridized carbons (Fsp3) is 0.471. The lowest BCUT2D eigenvalue weighted by Gasteiger charge is -2.16. The normalized spacial score (nSPS) is 11.9. The summed E-state index contributed by atoms with van der Waals surface area (Å²) in [5, 5.41) is 11.5. The first kappa shape index (κ1) is 19.6. The molecule has 0 spiro atoms. The van der Waals surface area contributed by atoms with Gasteiger partial charge in [0, 0.05) is 18.4 Å². The minimum absolute atomic E-state index is 0.0299. The Hall–Kier alpha value is -2.44. The van der Waals surface area contributed by atoms with Crippen LogP contribution >= 0.6 is 0 Å². The molecule has 24 heavy (non-hydrogen) atoms. The molecule has 1 aromatic carbocycles. The second-order valence-electron chi connectivity index (χ2n) is 5.86. The van der Waals surface area contributed by atoms with E-state index in [0.29, 0.717) is 6.42 Å². The molecule has 6 nitrogen and oxygen atoms in total. The molecule has 1 amide bonds. The first-order valence-electron chi connectivity index (χ1n) is 7.63. The monoisotopic (exact) mass is 339 g/mol. The van der Waals surface area contributed by atoms with Gasteiger partial charge in [0.05, 0.1) is 7.11 Å². The molecule has 132 valence electrons. The Morgan fingerprint density at radius 2 is 1.92 bits per heavy atom. The molecule has 0 aromatic heterocycles. The summed E-state index contributed by atoms with van der Waals surface area (Å²) in [5.74, 6) is -2.55. The van der Waals surface area contributed by atoms with E-state index in [0.717, 1.165) is 6.07 Å². The van der Waals surface area contributed by atoms with Crippen LogP contribution in [0.5, 0.6) is 5.75 Å². The average molecular weight is 339 g/mol. The van der Waals surface area contributed by atoms with E-state index in [1.54, 1.807) is 0 Å². The van der Waals surface area contributed by atoms with Gasteiger partial charge in [-0.05, 0) is 30.5 Å². The number of ketones is 1. The highest BCUT2D eigenvalue weighted by Gasteiger charge is 2.21. The van der Waals surface area contributed by atoms with Gasteiger partial charge in [-0.25, -0.2) is 9.18 Å². The third-order valence-corrected chi connectivity index (χ3v) is 3.39. The summed E-state index contributed by atoms with van der Waals surface area (Å²) >= 11 is 0. The quantitative estimate of drug-likeness (QED) is 0.674. The van der Waals surface area contributed by atoms with Gasteiger partial charge < -0.3 is 15.2 Å². The number of hydrogen-bond acceptors (Lipinski definition) is 4. The van der Waals surface area contributed by atoms with Crippen LogP contribution in [0.1, 0.15) is 43.5 Å². The second kappa shape index (κ2) is 9.00. The number of methoxy groups -OCH3 is 1. The summed E-state index contributed by atoms with van der Waals surface area (Å²) in [6, 6.07) is 2.83. The van der Waals surface area contributed by atoms with Gasteiger partial charge in [-0.15, -0.1) is 0 Å². The van der Waals surface area contributed by atoms with Crippen LogP contribution in [0.3, 0.4) is 0 Å². The number of carboxylic acid groups (broad SMARTS) is 1. The predicted molar refractivity (Wildman–Crippen MR) is 85.5 cm³/mol. The minimum atomic E-state index is -1.11. The molecule has 0 aliphatic heterocycles. The maximum atomic E-state index is 13.6. The van der Waals surface area contributed by atoms with Crippen LogP contribution in [-0.2, 0) is 9.59 Å². The highest BCUT2D eigenvalue weighted by Crippen LogP contribution is 2.19. The molecule has 0 aliphatic rings. The standard InChI is InChI=1S/C17H22FNO5/c1-10(2)8-13(17(22)23)19-16(21)7-5-14(20)11-4-6-15(24-3)12(18)9-11/h4,6,9-10,13H,5,7-8H2,1-3H3,(H,19,21)(H,22,23)/t13-/m1/s1. The van der Waals surface area contributed by atoms with Crippen LogP contribution in [0.4, 0.5) is 4.39 Å². The second-order valence-corrected chi connectivity index (χ2v) is 5.86. The summed E-state index contributed by atoms with van der Waals surface area (Å²) < 4.78 is 18.3. The highest BCUT2D eigenvalue weighted by molar-refractivity contribution is 5.98. The summed E-state index contributed by atoms with van der Waals surface area (Å²) in [7, 11) is 1.32. The van der Waals surface area contributed by atoms with E-state index in [9.17, 15) is 18.8 Å². The van der Waals surface area contributed by atoms with E-state index in [4.69, 9.17) is 9.84 Å². The van der Waals surface area contributed by atoms with Crippen LogP contribution in [0.2, 0.25) is 0 Å². The lowest BCUT2D eigenvalue weighted by atomic mass is 10.0. The van der Waals surface area contributed by atoms with Crippen molar-refractivity contribution in [2.24, 2.45) is 5.92 Å². The van der Waals surface area contributed by atoms with E-state index in [2.05, 4.69) is 5.32 Å². The van der Waals surface area contributed by atoms with Gasteiger partial charge in [0.25, 0.3) is 0 Å². The zero-order chi connectivity index (χ0) is 18.3. The molecule has 0 radical (unpaired) electrons. The molecule has 1 atom stereocenters. The minimum Gasteiger partial charge on any atom is -0.494 e. The summed E-state index contributed by atoms with van der Waals surface area (Å²) in [5.41, 5.74) is 0.137. The summed E-state index contributed by atoms with van der Waals surface area (Å²) in [6.07, 6.45) is 0.0126. The third kappa shape index (κ3) is 5.98. The van der Waals surface area contributed by atoms with E-state index in [-0.39, 0.29) is 30.1 Å². The Bertz CT molecular complexity index is 615. The van der Waals surface area contributed by atoms with Gasteiger partial charge in [-0.2, -0.15) is 0 Å². The van der Waals surface area contributed by atoms with Crippen LogP contribution in [0.25, 0.3) is 0 Å². The maximum Gasteiger partial charge on any atom is 0.326 e. The third-order valence-electron chi connectivity index (χ3n) is 3.39. The Kier molecular flexibility index (Phi) is 7.35. The van der Waals surface area contributed by atoms with Crippen LogP contribution in [-0.4, -0.2) is 35.9 Å². The Morgan fingerprint density at radius 3 is 2.42 bits per heavy atom. The molecule has 7 heteroatoms. The number of carbonyl (C=O) groups excluding carboxylic acids is 2. The van der Waals surface area contributed by atoms with E-state index in [1.807, 2.05) is 13.8 Å². The van der Waals surface area contributed by atoms with Gasteiger partial charge >= 0.3 is 5.97 Å². The number of aliphatic carboxylic acids is 1. The topological polar surface area (TPSA) is 92.7 Å². The smallest absolute Gasteiger partial charge is 0.326 e. The van der Waals surface area contributed by atoms with Crippen molar-refractivity contribution in [2.45, 2.75) is 39.2 Å². The number of nitrogens with one attached hydrogen (secondary N) is 1. The molecule has 0 unspecified atom stereocenters. The SMILES string of the molecule is COc1ccc(C(=O)CCC(=O)N[C@H](CC(C)C)C(=O)O)cc1F. The van der Waals surface area contributed by atoms with E-state index >= 15 is 0 Å². The first-order chi connectivity index (χ1) is 11.2. The highest BCUT2D eigenvalue weighted by atomic mass is 19.1. The number of halogens is 1. The van der Waals surface area contributed by atoms with Crippen molar-refractivity contribution in [3.8, 4) is 5.75 Å². The number of rotatable bonds is 9. The number of benzene rings is 1. The molecular weight excluding hydrogens is 317 g/mol. The van der Waals surface area contributed by atoms with Gasteiger partial charge in [0.1, 0.15) is 6.04 Å². The summed E-state index contributed by atoms with van der Waals surface area (Å²) in [6.45, 7) is 3.70. The Balaban J connectivity index is 2.58. The summed E-state index contributed by atoms with van der Waals surface area (Å²) in [4.78, 5) is 34.9. The molecule has 0 saturated carbocycles. The lowest BCUT2D eigenvalue weighted by molar-refractivity contribution is -0.142. The molecule has 1 aromatic rings. The molecule has 1 rings (SSSR count). The van der Waals surface area contributed by atoms with Crippen molar-refractivity contribution in [3.63, 3.8) is 0 Å². The van der Waals surface area contributed by atoms with Crippen molar-refractivity contribution in [2.75, 3.05) is 7.11 Å². The Labute approximate surface area is 140 Å². The van der Waals surface area contributed by atoms with E-state index < -0.39 is 29.5 Å². The maximum absolute atomic E-state index is 13.6. The number of carbonyl (C=O) groups is 3. The van der Waals surface area contributed by atoms with Gasteiger partial charge in [-0.1, -0.05) is 13.8 Å². The van der Waals surface area contributed by atoms with Crippen molar-refractivity contribution >= 4 is 17.7 Å². The van der Waals surface area contributed by atoms with Gasteiger partial charge in [0.15, 0.2) is 17.3 Å². The van der Waals surface area contributed by atoms with E-state index in [1.165, 1.54) is 19.2 Å². The van der Waals surface area contributed by atoms with Crippen molar-refractivity contribution < 1.29 is 28.6 Å². The number of carboxylic acids is 1. The zero-order valence-electron chi connectivity index (χ0n) is 14.0. The molecule has 2 N–H and O–H groups in total. The van der Waals surface area contributed by atoms with Crippen molar-refractivity contribution in [1.82, 2.24) is 5.32 Å². The molecule has 0 saturated heterocycles. The van der Waals surface area contributed by atoms with Crippen molar-refractivity contribution in [3.05, 3.63) is 29.6 Å². The van der Waals surface area contributed by atoms with Crippen molar-refractivity contribution in [1.29, 1.82) is 0 Å².